The largest absolute Gasteiger partial charge is 0.325 e. The van der Waals surface area contributed by atoms with Crippen molar-refractivity contribution in [1.82, 2.24) is 13.1 Å². The summed E-state index contributed by atoms with van der Waals surface area (Å²) in [5.74, 6) is -0.426. The molecule has 136 valence electrons. The Morgan fingerprint density at radius 3 is 2.77 bits per heavy atom. The van der Waals surface area contributed by atoms with E-state index in [-0.39, 0.29) is 11.4 Å². The van der Waals surface area contributed by atoms with Crippen molar-refractivity contribution >= 4 is 60.3 Å². The number of hydrogen-bond donors (Lipinski definition) is 1. The number of aryl methyl sites for hydroxylation is 1. The number of amides is 1. The summed E-state index contributed by atoms with van der Waals surface area (Å²) in [6, 6.07) is 10.2. The molecule has 3 aromatic rings. The molecule has 2 aromatic carbocycles. The van der Waals surface area contributed by atoms with Crippen molar-refractivity contribution < 1.29 is 13.2 Å². The van der Waals surface area contributed by atoms with Gasteiger partial charge in [-0.25, -0.2) is 8.42 Å². The first-order valence-corrected chi connectivity index (χ1v) is 10.5. The first-order chi connectivity index (χ1) is 12.3. The Morgan fingerprint density at radius 2 is 2.04 bits per heavy atom. The van der Waals surface area contributed by atoms with E-state index < -0.39 is 15.9 Å². The van der Waals surface area contributed by atoms with Crippen molar-refractivity contribution in [3.05, 3.63) is 46.4 Å². The van der Waals surface area contributed by atoms with Crippen LogP contribution >= 0.6 is 27.7 Å². The minimum Gasteiger partial charge on any atom is -0.325 e. The first kappa shape index (κ1) is 18.9. The second-order valence-electron chi connectivity index (χ2n) is 5.66. The van der Waals surface area contributed by atoms with Gasteiger partial charge in [0.15, 0.2) is 0 Å². The van der Waals surface area contributed by atoms with Crippen LogP contribution in [0.4, 0.5) is 5.69 Å². The fraction of sp³-hybridized carbons (Fsp3) is 0.188. The van der Waals surface area contributed by atoms with Gasteiger partial charge in [0, 0.05) is 17.2 Å². The van der Waals surface area contributed by atoms with Crippen LogP contribution in [0.5, 0.6) is 0 Å². The van der Waals surface area contributed by atoms with Crippen LogP contribution in [-0.2, 0) is 14.8 Å². The molecule has 26 heavy (non-hydrogen) atoms. The number of hydrogen-bond acceptors (Lipinski definition) is 6. The van der Waals surface area contributed by atoms with Crippen molar-refractivity contribution in [2.45, 2.75) is 11.8 Å². The summed E-state index contributed by atoms with van der Waals surface area (Å²) in [5, 5.41) is 2.73. The van der Waals surface area contributed by atoms with E-state index >= 15 is 0 Å². The monoisotopic (exact) mass is 454 g/mol. The van der Waals surface area contributed by atoms with E-state index in [0.29, 0.717) is 16.7 Å². The molecule has 0 bridgehead atoms. The van der Waals surface area contributed by atoms with E-state index in [2.05, 4.69) is 30.0 Å². The number of fused-ring (bicyclic) bond motifs is 1. The molecule has 0 aliphatic rings. The second-order valence-corrected chi connectivity index (χ2v) is 9.11. The summed E-state index contributed by atoms with van der Waals surface area (Å²) in [6.07, 6.45) is 0. The van der Waals surface area contributed by atoms with Crippen molar-refractivity contribution in [3.63, 3.8) is 0 Å². The Balaban J connectivity index is 1.79. The number of likely N-dealkylation sites (N-methyl/N-ethyl adjacent to an activating group) is 1. The molecule has 0 atom stereocenters. The minimum atomic E-state index is -3.87. The molecule has 0 spiro atoms. The average Bonchev–Trinajstić information content (AvgIpc) is 3.05. The van der Waals surface area contributed by atoms with Gasteiger partial charge in [0.25, 0.3) is 0 Å². The van der Waals surface area contributed by atoms with Gasteiger partial charge >= 0.3 is 0 Å². The Morgan fingerprint density at radius 1 is 1.27 bits per heavy atom. The highest BCUT2D eigenvalue weighted by atomic mass is 79.9. The molecule has 0 fully saturated rings. The summed E-state index contributed by atoms with van der Waals surface area (Å²) < 4.78 is 35.6. The predicted molar refractivity (Wildman–Crippen MR) is 105 cm³/mol. The van der Waals surface area contributed by atoms with Crippen LogP contribution in [0, 0.1) is 6.92 Å². The van der Waals surface area contributed by atoms with Crippen LogP contribution in [0.25, 0.3) is 11.0 Å². The van der Waals surface area contributed by atoms with E-state index in [4.69, 9.17) is 0 Å². The topological polar surface area (TPSA) is 92.3 Å². The third kappa shape index (κ3) is 3.78. The summed E-state index contributed by atoms with van der Waals surface area (Å²) in [5.41, 5.74) is 2.33. The zero-order valence-electron chi connectivity index (χ0n) is 13.9. The number of rotatable bonds is 5. The van der Waals surface area contributed by atoms with Crippen LogP contribution in [-0.4, -0.2) is 41.0 Å². The lowest BCUT2D eigenvalue weighted by molar-refractivity contribution is -0.116. The van der Waals surface area contributed by atoms with Crippen LogP contribution in [0.1, 0.15) is 5.56 Å². The molecule has 0 radical (unpaired) electrons. The highest BCUT2D eigenvalue weighted by Crippen LogP contribution is 2.24. The fourth-order valence-corrected chi connectivity index (χ4v) is 4.75. The summed E-state index contributed by atoms with van der Waals surface area (Å²) in [7, 11) is -2.51. The van der Waals surface area contributed by atoms with E-state index in [1.807, 2.05) is 13.0 Å². The number of anilines is 1. The maximum absolute atomic E-state index is 12.8. The molecule has 1 N–H and O–H groups in total. The highest BCUT2D eigenvalue weighted by molar-refractivity contribution is 9.10. The number of nitrogens with zero attached hydrogens (tertiary/aromatic N) is 3. The SMILES string of the molecule is Cc1cc(Br)ccc1NC(=O)CN(C)S(=O)(=O)c1cccc2nsnc12. The van der Waals surface area contributed by atoms with Crippen LogP contribution < -0.4 is 5.32 Å². The molecule has 1 aromatic heterocycles. The molecule has 0 saturated carbocycles. The Labute approximate surface area is 163 Å². The Bertz CT molecular complexity index is 1080. The van der Waals surface area contributed by atoms with Crippen molar-refractivity contribution in [3.8, 4) is 0 Å². The highest BCUT2D eigenvalue weighted by Gasteiger charge is 2.26. The predicted octanol–water partition coefficient (Wildman–Crippen LogP) is 3.02. The Kier molecular flexibility index (Phi) is 5.37. The molecule has 0 unspecified atom stereocenters. The maximum atomic E-state index is 12.8. The van der Waals surface area contributed by atoms with Gasteiger partial charge in [0.1, 0.15) is 15.9 Å². The van der Waals surface area contributed by atoms with E-state index in [1.54, 1.807) is 24.3 Å². The molecule has 0 saturated heterocycles. The van der Waals surface area contributed by atoms with Crippen molar-refractivity contribution in [1.29, 1.82) is 0 Å². The third-order valence-corrected chi connectivity index (χ3v) is 6.64. The van der Waals surface area contributed by atoms with Gasteiger partial charge in [0.2, 0.25) is 15.9 Å². The molecular formula is C16H15BrN4O3S2. The number of nitrogens with one attached hydrogen (secondary N) is 1. The van der Waals surface area contributed by atoms with Crippen molar-refractivity contribution in [2.24, 2.45) is 0 Å². The van der Waals surface area contributed by atoms with E-state index in [9.17, 15) is 13.2 Å². The third-order valence-electron chi connectivity index (χ3n) is 3.77. The maximum Gasteiger partial charge on any atom is 0.245 e. The molecule has 0 aliphatic heterocycles. The fourth-order valence-electron chi connectivity index (χ4n) is 2.40. The molecule has 7 nitrogen and oxygen atoms in total. The second kappa shape index (κ2) is 7.39. The number of sulfonamides is 1. The van der Waals surface area contributed by atoms with Crippen molar-refractivity contribution in [2.75, 3.05) is 18.9 Å². The molecule has 1 heterocycles. The van der Waals surface area contributed by atoms with Crippen LogP contribution in [0.2, 0.25) is 0 Å². The number of benzene rings is 2. The lowest BCUT2D eigenvalue weighted by Crippen LogP contribution is -2.35. The summed E-state index contributed by atoms with van der Waals surface area (Å²) >= 11 is 4.31. The molecule has 3 rings (SSSR count). The summed E-state index contributed by atoms with van der Waals surface area (Å²) in [6.45, 7) is 1.54. The molecule has 10 heteroatoms. The molecular weight excluding hydrogens is 440 g/mol. The zero-order chi connectivity index (χ0) is 18.9. The van der Waals surface area contributed by atoms with Gasteiger partial charge in [-0.1, -0.05) is 22.0 Å². The van der Waals surface area contributed by atoms with Crippen LogP contribution in [0.3, 0.4) is 0 Å². The smallest absolute Gasteiger partial charge is 0.245 e. The number of carbonyl (C=O) groups is 1. The first-order valence-electron chi connectivity index (χ1n) is 7.52. The standard InChI is InChI=1S/C16H15BrN4O3S2/c1-10-8-11(17)6-7-12(10)18-15(22)9-21(2)26(23,24)14-5-3-4-13-16(14)20-25-19-13/h3-8H,9H2,1-2H3,(H,18,22). The number of carbonyl (C=O) groups excluding carboxylic acids is 1. The minimum absolute atomic E-state index is 0.0406. The quantitative estimate of drug-likeness (QED) is 0.639. The Hall–Kier alpha value is -1.88. The normalized spacial score (nSPS) is 11.8. The van der Waals surface area contributed by atoms with E-state index in [1.165, 1.54) is 13.1 Å². The molecule has 1 amide bonds. The number of aromatic nitrogens is 2. The van der Waals surface area contributed by atoms with Gasteiger partial charge in [0.05, 0.1) is 18.3 Å². The lowest BCUT2D eigenvalue weighted by Gasteiger charge is -2.17. The van der Waals surface area contributed by atoms with Gasteiger partial charge in [-0.2, -0.15) is 13.1 Å². The number of halogens is 1. The average molecular weight is 455 g/mol. The van der Waals surface area contributed by atoms with Crippen LogP contribution in [0.15, 0.2) is 45.8 Å². The lowest BCUT2D eigenvalue weighted by atomic mass is 10.2. The van der Waals surface area contributed by atoms with Gasteiger partial charge in [-0.05, 0) is 42.8 Å². The van der Waals surface area contributed by atoms with Gasteiger partial charge in [-0.3, -0.25) is 4.79 Å². The summed E-state index contributed by atoms with van der Waals surface area (Å²) in [4.78, 5) is 12.3. The van der Waals surface area contributed by atoms with Gasteiger partial charge in [-0.15, -0.1) is 0 Å². The van der Waals surface area contributed by atoms with Gasteiger partial charge < -0.3 is 5.32 Å². The molecule has 0 aliphatic carbocycles. The van der Waals surface area contributed by atoms with E-state index in [0.717, 1.165) is 26.1 Å². The zero-order valence-corrected chi connectivity index (χ0v) is 17.2.